The molecule has 2 aromatic rings. The van der Waals surface area contributed by atoms with Gasteiger partial charge in [0.15, 0.2) is 6.61 Å². The van der Waals surface area contributed by atoms with Gasteiger partial charge < -0.3 is 4.74 Å². The van der Waals surface area contributed by atoms with E-state index in [1.54, 1.807) is 24.3 Å². The van der Waals surface area contributed by atoms with Crippen molar-refractivity contribution in [3.8, 4) is 0 Å². The molecule has 0 fully saturated rings. The Balaban J connectivity index is 1.98. The van der Waals surface area contributed by atoms with E-state index in [0.29, 0.717) is 5.56 Å². The molecule has 1 amide bonds. The molecule has 0 aliphatic rings. The molecular formula is C20H17F3N2O3S2. The molecule has 0 heterocycles. The van der Waals surface area contributed by atoms with E-state index in [1.165, 1.54) is 30.8 Å². The van der Waals surface area contributed by atoms with Crippen LogP contribution in [-0.2, 0) is 4.74 Å². The summed E-state index contributed by atoms with van der Waals surface area (Å²) < 4.78 is 42.2. The fourth-order valence-electron chi connectivity index (χ4n) is 2.24. The summed E-state index contributed by atoms with van der Waals surface area (Å²) in [5.74, 6) is -1.31. The molecular weight excluding hydrogens is 437 g/mol. The predicted octanol–water partition coefficient (Wildman–Crippen LogP) is 5.24. The fourth-order valence-corrected chi connectivity index (χ4v) is 3.19. The number of nitrogens with one attached hydrogen (secondary N) is 1. The zero-order valence-electron chi connectivity index (χ0n) is 15.9. The Labute approximate surface area is 180 Å². The van der Waals surface area contributed by atoms with Crippen LogP contribution in [0.15, 0.2) is 58.3 Å². The number of hydrogen-bond acceptors (Lipinski definition) is 5. The van der Waals surface area contributed by atoms with Gasteiger partial charge in [-0.05, 0) is 66.5 Å². The quantitative estimate of drug-likeness (QED) is 0.352. The molecule has 1 N–H and O–H groups in total. The zero-order valence-corrected chi connectivity index (χ0v) is 17.6. The maximum atomic E-state index is 12.4. The minimum Gasteiger partial charge on any atom is -0.451 e. The molecule has 0 bridgehead atoms. The van der Waals surface area contributed by atoms with E-state index in [2.05, 4.69) is 10.2 Å². The Bertz CT molecular complexity index is 942. The van der Waals surface area contributed by atoms with Gasteiger partial charge in [0.1, 0.15) is 0 Å². The highest BCUT2D eigenvalue weighted by Crippen LogP contribution is 2.36. The second-order valence-corrected chi connectivity index (χ2v) is 8.23. The van der Waals surface area contributed by atoms with Crippen molar-refractivity contribution in [3.63, 3.8) is 0 Å². The van der Waals surface area contributed by atoms with Gasteiger partial charge in [-0.1, -0.05) is 0 Å². The van der Waals surface area contributed by atoms with Gasteiger partial charge in [0, 0.05) is 22.3 Å². The third-order valence-electron chi connectivity index (χ3n) is 3.79. The Morgan fingerprint density at radius 1 is 1.03 bits per heavy atom. The van der Waals surface area contributed by atoms with Crippen molar-refractivity contribution in [1.29, 1.82) is 0 Å². The number of ether oxygens (including phenoxy) is 1. The van der Waals surface area contributed by atoms with Crippen molar-refractivity contribution in [2.75, 3.05) is 12.9 Å². The lowest BCUT2D eigenvalue weighted by molar-refractivity contribution is -0.0328. The molecule has 30 heavy (non-hydrogen) atoms. The summed E-state index contributed by atoms with van der Waals surface area (Å²) in [7, 11) is 0. The monoisotopic (exact) mass is 454 g/mol. The van der Waals surface area contributed by atoms with Crippen LogP contribution in [0.3, 0.4) is 0 Å². The first-order chi connectivity index (χ1) is 14.0. The second kappa shape index (κ2) is 9.91. The molecule has 0 aromatic heterocycles. The average molecular weight is 454 g/mol. The molecule has 1 unspecified atom stereocenters. The van der Waals surface area contributed by atoms with Crippen LogP contribution < -0.4 is 5.32 Å². The van der Waals surface area contributed by atoms with Crippen LogP contribution >= 0.6 is 23.5 Å². The van der Waals surface area contributed by atoms with Crippen LogP contribution in [0.2, 0.25) is 0 Å². The first-order valence-corrected chi connectivity index (χ1v) is 10.5. The summed E-state index contributed by atoms with van der Waals surface area (Å²) in [6.07, 6.45) is 1.90. The Hall–Kier alpha value is -2.64. The molecule has 0 spiro atoms. The maximum absolute atomic E-state index is 12.4. The number of rotatable bonds is 7. The van der Waals surface area contributed by atoms with Gasteiger partial charge in [-0.2, -0.15) is 13.2 Å². The number of benzene rings is 2. The number of carbonyl (C=O) groups is 2. The highest BCUT2D eigenvalue weighted by molar-refractivity contribution is 8.00. The molecule has 0 aliphatic heterocycles. The first kappa shape index (κ1) is 23.6. The number of carbonyl (C=O) groups excluding carboxylic acids is 2. The summed E-state index contributed by atoms with van der Waals surface area (Å²) >= 11 is 1.23. The largest absolute Gasteiger partial charge is 0.451 e. The van der Waals surface area contributed by atoms with Crippen LogP contribution in [0, 0.1) is 6.57 Å². The summed E-state index contributed by atoms with van der Waals surface area (Å²) in [4.78, 5) is 28.8. The van der Waals surface area contributed by atoms with E-state index in [0.717, 1.165) is 17.0 Å². The van der Waals surface area contributed by atoms with Gasteiger partial charge in [-0.3, -0.25) is 15.0 Å². The van der Waals surface area contributed by atoms with E-state index in [1.807, 2.05) is 6.26 Å². The van der Waals surface area contributed by atoms with Crippen molar-refractivity contribution < 1.29 is 27.5 Å². The highest BCUT2D eigenvalue weighted by atomic mass is 32.2. The number of amides is 1. The van der Waals surface area contributed by atoms with Crippen molar-refractivity contribution >= 4 is 35.4 Å². The Kier molecular flexibility index (Phi) is 7.81. The number of halogens is 3. The van der Waals surface area contributed by atoms with Crippen LogP contribution in [0.5, 0.6) is 0 Å². The standard InChI is InChI=1S/C20H17F3N2O3S2/c1-19(24-2,25-17(26)13-4-8-15(29-3)9-5-13)12-28-18(27)14-6-10-16(11-7-14)30-20(21,22)23/h4-11H,12H2,1,3H3,(H,25,26). The molecule has 0 aliphatic carbocycles. The SMILES string of the molecule is [C-]#[N+]C(C)(COC(=O)c1ccc(SC(F)(F)F)cc1)NC(=O)c1ccc(SC)cc1. The van der Waals surface area contributed by atoms with Crippen LogP contribution in [0.4, 0.5) is 13.2 Å². The predicted molar refractivity (Wildman–Crippen MR) is 109 cm³/mol. The van der Waals surface area contributed by atoms with Crippen molar-refractivity contribution in [2.24, 2.45) is 0 Å². The van der Waals surface area contributed by atoms with Gasteiger partial charge in [0.25, 0.3) is 5.91 Å². The van der Waals surface area contributed by atoms with Crippen molar-refractivity contribution in [1.82, 2.24) is 5.32 Å². The lowest BCUT2D eigenvalue weighted by Crippen LogP contribution is -2.47. The molecule has 1 atom stereocenters. The number of nitrogens with zero attached hydrogens (tertiary/aromatic N) is 1. The van der Waals surface area contributed by atoms with E-state index >= 15 is 0 Å². The van der Waals surface area contributed by atoms with Gasteiger partial charge in [-0.25, -0.2) is 11.4 Å². The average Bonchev–Trinajstić information content (AvgIpc) is 2.71. The number of alkyl halides is 3. The van der Waals surface area contributed by atoms with Crippen molar-refractivity contribution in [2.45, 2.75) is 27.9 Å². The first-order valence-electron chi connectivity index (χ1n) is 8.43. The smallest absolute Gasteiger partial charge is 0.446 e. The highest BCUT2D eigenvalue weighted by Gasteiger charge is 2.35. The van der Waals surface area contributed by atoms with E-state index < -0.39 is 29.7 Å². The lowest BCUT2D eigenvalue weighted by Gasteiger charge is -2.19. The lowest BCUT2D eigenvalue weighted by atomic mass is 10.1. The molecule has 10 heteroatoms. The molecule has 0 radical (unpaired) electrons. The molecule has 0 saturated carbocycles. The number of esters is 1. The van der Waals surface area contributed by atoms with Gasteiger partial charge in [-0.15, -0.1) is 11.8 Å². The van der Waals surface area contributed by atoms with E-state index in [-0.39, 0.29) is 22.2 Å². The summed E-state index contributed by atoms with van der Waals surface area (Å²) in [6, 6.07) is 11.5. The second-order valence-electron chi connectivity index (χ2n) is 6.22. The van der Waals surface area contributed by atoms with E-state index in [9.17, 15) is 22.8 Å². The molecule has 2 aromatic carbocycles. The minimum absolute atomic E-state index is 0.0350. The van der Waals surface area contributed by atoms with Crippen molar-refractivity contribution in [3.05, 3.63) is 71.1 Å². The zero-order chi connectivity index (χ0) is 22.4. The number of hydrogen-bond donors (Lipinski definition) is 1. The topological polar surface area (TPSA) is 59.8 Å². The molecule has 158 valence electrons. The normalized spacial score (nSPS) is 13.1. The van der Waals surface area contributed by atoms with Crippen LogP contribution in [0.1, 0.15) is 27.6 Å². The van der Waals surface area contributed by atoms with Gasteiger partial charge in [0.05, 0.1) is 5.56 Å². The molecule has 0 saturated heterocycles. The third kappa shape index (κ3) is 7.00. The Morgan fingerprint density at radius 3 is 2.07 bits per heavy atom. The Morgan fingerprint density at radius 2 is 1.57 bits per heavy atom. The molecule has 2 rings (SSSR count). The number of thioether (sulfide) groups is 2. The maximum Gasteiger partial charge on any atom is 0.446 e. The minimum atomic E-state index is -4.42. The van der Waals surface area contributed by atoms with Gasteiger partial charge in [0.2, 0.25) is 0 Å². The molecule has 5 nitrogen and oxygen atoms in total. The third-order valence-corrected chi connectivity index (χ3v) is 5.27. The van der Waals surface area contributed by atoms with Crippen LogP contribution in [-0.4, -0.2) is 35.9 Å². The summed E-state index contributed by atoms with van der Waals surface area (Å²) in [5.41, 5.74) is -5.54. The fraction of sp³-hybridized carbons (Fsp3) is 0.250. The van der Waals surface area contributed by atoms with E-state index in [4.69, 9.17) is 11.3 Å². The summed E-state index contributed by atoms with van der Waals surface area (Å²) in [5, 5.41) is 2.53. The summed E-state index contributed by atoms with van der Waals surface area (Å²) in [6.45, 7) is 8.32. The van der Waals surface area contributed by atoms with Gasteiger partial charge >= 0.3 is 17.1 Å². The van der Waals surface area contributed by atoms with Crippen LogP contribution in [0.25, 0.3) is 4.85 Å².